The molecule has 28 heavy (non-hydrogen) atoms. The highest BCUT2D eigenvalue weighted by Crippen LogP contribution is 2.19. The van der Waals surface area contributed by atoms with E-state index in [9.17, 15) is 19.7 Å². The molecule has 150 valence electrons. The maximum absolute atomic E-state index is 11.2. The first-order valence-corrected chi connectivity index (χ1v) is 8.87. The molecule has 0 aliphatic heterocycles. The van der Waals surface area contributed by atoms with E-state index in [4.69, 9.17) is 5.73 Å². The second-order valence-corrected chi connectivity index (χ2v) is 5.89. The van der Waals surface area contributed by atoms with Gasteiger partial charge >= 0.3 is 0 Å². The molecule has 0 aromatic heterocycles. The quantitative estimate of drug-likeness (QED) is 0.479. The fourth-order valence-corrected chi connectivity index (χ4v) is 2.58. The van der Waals surface area contributed by atoms with E-state index >= 15 is 0 Å². The normalized spacial score (nSPS) is 9.71. The molecule has 8 nitrogen and oxygen atoms in total. The van der Waals surface area contributed by atoms with Gasteiger partial charge in [-0.05, 0) is 50.2 Å². The highest BCUT2D eigenvalue weighted by Gasteiger charge is 2.11. The van der Waals surface area contributed by atoms with Gasteiger partial charge in [0.25, 0.3) is 5.69 Å². The number of non-ortho nitro benzene ring substituents is 1. The maximum atomic E-state index is 11.2. The lowest BCUT2D eigenvalue weighted by Crippen LogP contribution is -2.27. The Morgan fingerprint density at radius 1 is 0.857 bits per heavy atom. The third-order valence-corrected chi connectivity index (χ3v) is 3.97. The van der Waals surface area contributed by atoms with Crippen LogP contribution in [-0.2, 0) is 9.59 Å². The van der Waals surface area contributed by atoms with Crippen molar-refractivity contribution >= 4 is 34.6 Å². The zero-order chi connectivity index (χ0) is 21.3. The summed E-state index contributed by atoms with van der Waals surface area (Å²) < 4.78 is 0. The van der Waals surface area contributed by atoms with Gasteiger partial charge in [0, 0.05) is 56.1 Å². The van der Waals surface area contributed by atoms with Crippen LogP contribution >= 0.6 is 0 Å². The lowest BCUT2D eigenvalue weighted by Gasteiger charge is -2.18. The number of nitrogens with two attached hydrogens (primary N) is 1. The number of nitro benzene ring substituents is 1. The minimum absolute atomic E-state index is 0.0263. The molecule has 0 saturated carbocycles. The highest BCUT2D eigenvalue weighted by molar-refractivity contribution is 5.92. The second kappa shape index (κ2) is 10.7. The number of nitro groups is 1. The number of carbonyl (C=O) groups excluding carboxylic acids is 2. The Kier molecular flexibility index (Phi) is 8.61. The molecule has 2 aromatic rings. The van der Waals surface area contributed by atoms with Gasteiger partial charge in [0.2, 0.25) is 11.8 Å². The van der Waals surface area contributed by atoms with Crippen molar-refractivity contribution < 1.29 is 14.5 Å². The van der Waals surface area contributed by atoms with Crippen LogP contribution in [0.4, 0.5) is 22.7 Å². The van der Waals surface area contributed by atoms with Crippen LogP contribution in [0, 0.1) is 10.1 Å². The molecule has 0 bridgehead atoms. The third kappa shape index (κ3) is 6.39. The first-order valence-electron chi connectivity index (χ1n) is 8.87. The van der Waals surface area contributed by atoms with Gasteiger partial charge in [-0.3, -0.25) is 19.7 Å². The van der Waals surface area contributed by atoms with Gasteiger partial charge < -0.3 is 15.5 Å². The van der Waals surface area contributed by atoms with Crippen molar-refractivity contribution in [1.29, 1.82) is 0 Å². The molecule has 0 spiro atoms. The van der Waals surface area contributed by atoms with Gasteiger partial charge in [0.15, 0.2) is 0 Å². The summed E-state index contributed by atoms with van der Waals surface area (Å²) in [4.78, 5) is 35.5. The Balaban J connectivity index is 0.000000283. The minimum atomic E-state index is -0.464. The van der Waals surface area contributed by atoms with Crippen molar-refractivity contribution in [2.24, 2.45) is 0 Å². The highest BCUT2D eigenvalue weighted by atomic mass is 16.6. The molecule has 0 unspecified atom stereocenters. The molecular formula is C20H26N4O4. The summed E-state index contributed by atoms with van der Waals surface area (Å²) in [6.45, 7) is 8.04. The van der Waals surface area contributed by atoms with E-state index in [2.05, 4.69) is 0 Å². The first-order chi connectivity index (χ1) is 13.2. The van der Waals surface area contributed by atoms with Crippen molar-refractivity contribution in [3.63, 3.8) is 0 Å². The van der Waals surface area contributed by atoms with E-state index in [1.54, 1.807) is 41.0 Å². The number of hydrogen-bond acceptors (Lipinski definition) is 5. The van der Waals surface area contributed by atoms with Crippen molar-refractivity contribution in [2.75, 3.05) is 28.6 Å². The van der Waals surface area contributed by atoms with Crippen LogP contribution in [0.5, 0.6) is 0 Å². The summed E-state index contributed by atoms with van der Waals surface area (Å²) in [5.74, 6) is -0.0291. The van der Waals surface area contributed by atoms with E-state index in [1.165, 1.54) is 19.1 Å². The Labute approximate surface area is 164 Å². The van der Waals surface area contributed by atoms with Gasteiger partial charge in [0.1, 0.15) is 0 Å². The van der Waals surface area contributed by atoms with Crippen molar-refractivity contribution in [2.45, 2.75) is 27.7 Å². The minimum Gasteiger partial charge on any atom is -0.399 e. The molecular weight excluding hydrogens is 360 g/mol. The van der Waals surface area contributed by atoms with E-state index in [-0.39, 0.29) is 17.5 Å². The molecule has 2 amide bonds. The van der Waals surface area contributed by atoms with Gasteiger partial charge in [0.05, 0.1) is 4.92 Å². The SMILES string of the molecule is CCN(C(C)=O)c1ccc(N)cc1.CCN(C(C)=O)c1ccc([N+](=O)[O-])cc1. The number of anilines is 3. The Morgan fingerprint density at radius 2 is 1.21 bits per heavy atom. The second-order valence-electron chi connectivity index (χ2n) is 5.89. The number of carbonyl (C=O) groups is 2. The number of amides is 2. The summed E-state index contributed by atoms with van der Waals surface area (Å²) in [6, 6.07) is 13.2. The zero-order valence-corrected chi connectivity index (χ0v) is 16.6. The molecule has 2 rings (SSSR count). The number of nitrogens with zero attached hydrogens (tertiary/aromatic N) is 3. The number of nitrogen functional groups attached to an aromatic ring is 1. The van der Waals surface area contributed by atoms with E-state index in [0.29, 0.717) is 24.5 Å². The fourth-order valence-electron chi connectivity index (χ4n) is 2.58. The topological polar surface area (TPSA) is 110 Å². The Bertz CT molecular complexity index is 804. The van der Waals surface area contributed by atoms with E-state index in [1.807, 2.05) is 26.0 Å². The van der Waals surface area contributed by atoms with Crippen LogP contribution in [0.25, 0.3) is 0 Å². The molecule has 0 atom stereocenters. The van der Waals surface area contributed by atoms with Gasteiger partial charge in [-0.1, -0.05) is 0 Å². The predicted octanol–water partition coefficient (Wildman–Crippen LogP) is 3.61. The van der Waals surface area contributed by atoms with Crippen LogP contribution in [0.1, 0.15) is 27.7 Å². The summed E-state index contributed by atoms with van der Waals surface area (Å²) in [5.41, 5.74) is 7.85. The predicted molar refractivity (Wildman–Crippen MR) is 111 cm³/mol. The molecule has 2 N–H and O–H groups in total. The molecule has 2 aromatic carbocycles. The Morgan fingerprint density at radius 3 is 1.50 bits per heavy atom. The molecule has 0 radical (unpaired) electrons. The zero-order valence-electron chi connectivity index (χ0n) is 16.6. The van der Waals surface area contributed by atoms with Crippen LogP contribution in [0.3, 0.4) is 0 Å². The monoisotopic (exact) mass is 386 g/mol. The molecule has 0 fully saturated rings. The maximum Gasteiger partial charge on any atom is 0.269 e. The molecule has 8 heteroatoms. The number of hydrogen-bond donors (Lipinski definition) is 1. The molecule has 0 aliphatic rings. The average Bonchev–Trinajstić information content (AvgIpc) is 2.65. The average molecular weight is 386 g/mol. The van der Waals surface area contributed by atoms with Crippen LogP contribution < -0.4 is 15.5 Å². The van der Waals surface area contributed by atoms with Crippen molar-refractivity contribution in [3.8, 4) is 0 Å². The summed E-state index contributed by atoms with van der Waals surface area (Å²) in [7, 11) is 0. The summed E-state index contributed by atoms with van der Waals surface area (Å²) in [5, 5.41) is 10.4. The van der Waals surface area contributed by atoms with Gasteiger partial charge in [-0.25, -0.2) is 0 Å². The molecule has 0 saturated heterocycles. The van der Waals surface area contributed by atoms with E-state index < -0.39 is 4.92 Å². The first kappa shape index (κ1) is 22.6. The fraction of sp³-hybridized carbons (Fsp3) is 0.300. The van der Waals surface area contributed by atoms with Crippen molar-refractivity contribution in [3.05, 3.63) is 58.6 Å². The lowest BCUT2D eigenvalue weighted by molar-refractivity contribution is -0.384. The number of rotatable bonds is 5. The van der Waals surface area contributed by atoms with Crippen LogP contribution in [0.15, 0.2) is 48.5 Å². The summed E-state index contributed by atoms with van der Waals surface area (Å²) in [6.07, 6.45) is 0. The van der Waals surface area contributed by atoms with Gasteiger partial charge in [-0.2, -0.15) is 0 Å². The summed E-state index contributed by atoms with van der Waals surface area (Å²) >= 11 is 0. The van der Waals surface area contributed by atoms with Crippen molar-refractivity contribution in [1.82, 2.24) is 0 Å². The smallest absolute Gasteiger partial charge is 0.269 e. The Hall–Kier alpha value is -3.42. The van der Waals surface area contributed by atoms with Gasteiger partial charge in [-0.15, -0.1) is 0 Å². The standard InChI is InChI=1S/C10H12N2O3.C10H14N2O/c1-3-11(8(2)13)9-4-6-10(7-5-9)12(14)15;1-3-12(8(2)13)10-6-4-9(11)5-7-10/h4-7H,3H2,1-2H3;4-7H,3,11H2,1-2H3. The van der Waals surface area contributed by atoms with Crippen LogP contribution in [-0.4, -0.2) is 29.8 Å². The third-order valence-electron chi connectivity index (χ3n) is 3.97. The lowest BCUT2D eigenvalue weighted by atomic mass is 10.2. The van der Waals surface area contributed by atoms with Crippen LogP contribution in [0.2, 0.25) is 0 Å². The molecule has 0 aliphatic carbocycles. The van der Waals surface area contributed by atoms with E-state index in [0.717, 1.165) is 5.69 Å². The molecule has 0 heterocycles. The largest absolute Gasteiger partial charge is 0.399 e. The number of benzene rings is 2.